The molecule has 68 valence electrons. The molecule has 1 fully saturated rings. The first kappa shape index (κ1) is 8.90. The lowest BCUT2D eigenvalue weighted by Crippen LogP contribution is -2.01. The Balaban J connectivity index is 1.96. The van der Waals surface area contributed by atoms with E-state index in [9.17, 15) is 4.57 Å². The van der Waals surface area contributed by atoms with E-state index in [4.69, 9.17) is 0 Å². The lowest BCUT2D eigenvalue weighted by molar-refractivity contribution is 0.581. The highest BCUT2D eigenvalue weighted by atomic mass is 31.1. The summed E-state index contributed by atoms with van der Waals surface area (Å²) in [4.78, 5) is 0. The monoisotopic (exact) mass is 193 g/mol. The molecule has 0 amide bonds. The van der Waals surface area contributed by atoms with Gasteiger partial charge in [-0.15, -0.1) is 0 Å². The number of hydrogen-bond donors (Lipinski definition) is 0. The molecule has 0 radical (unpaired) electrons. The van der Waals surface area contributed by atoms with Crippen molar-refractivity contribution < 1.29 is 4.57 Å². The number of rotatable bonds is 2. The summed E-state index contributed by atoms with van der Waals surface area (Å²) >= 11 is 0. The summed E-state index contributed by atoms with van der Waals surface area (Å²) in [5.41, 5.74) is 1.39. The molecule has 2 atom stereocenters. The van der Waals surface area contributed by atoms with Crippen LogP contribution >= 0.6 is 7.80 Å². The molecule has 1 heterocycles. The highest BCUT2D eigenvalue weighted by Gasteiger charge is 2.31. The molecule has 13 heavy (non-hydrogen) atoms. The minimum Gasteiger partial charge on any atom is -0.0748 e. The summed E-state index contributed by atoms with van der Waals surface area (Å²) < 4.78 is 11.2. The van der Waals surface area contributed by atoms with Crippen LogP contribution in [0.5, 0.6) is 0 Å². The third kappa shape index (κ3) is 2.38. The molecular weight excluding hydrogens is 179 g/mol. The van der Waals surface area contributed by atoms with Gasteiger partial charge in [0.1, 0.15) is 12.3 Å². The minimum atomic E-state index is -0.851. The lowest BCUT2D eigenvalue weighted by Gasteiger charge is -2.03. The topological polar surface area (TPSA) is 17.1 Å². The maximum Gasteiger partial charge on any atom is 0.338 e. The maximum absolute atomic E-state index is 11.2. The number of benzene rings is 1. The molecule has 0 aliphatic carbocycles. The van der Waals surface area contributed by atoms with Crippen LogP contribution in [0.25, 0.3) is 0 Å². The van der Waals surface area contributed by atoms with Crippen LogP contribution in [-0.2, 0) is 11.0 Å². The van der Waals surface area contributed by atoms with Crippen molar-refractivity contribution in [2.75, 3.05) is 12.3 Å². The van der Waals surface area contributed by atoms with Crippen molar-refractivity contribution >= 4 is 7.80 Å². The molecule has 1 nitrogen and oxygen atoms in total. The Bertz CT molecular complexity index is 294. The van der Waals surface area contributed by atoms with Crippen LogP contribution in [0, 0.1) is 5.92 Å². The molecule has 2 unspecified atom stereocenters. The van der Waals surface area contributed by atoms with Gasteiger partial charge in [-0.05, 0) is 18.4 Å². The van der Waals surface area contributed by atoms with E-state index in [-0.39, 0.29) is 0 Å². The van der Waals surface area contributed by atoms with E-state index >= 15 is 0 Å². The van der Waals surface area contributed by atoms with Gasteiger partial charge in [-0.2, -0.15) is 0 Å². The predicted octanol–water partition coefficient (Wildman–Crippen LogP) is 3.08. The van der Waals surface area contributed by atoms with E-state index in [0.717, 1.165) is 25.2 Å². The van der Waals surface area contributed by atoms with Crippen LogP contribution in [0.3, 0.4) is 0 Å². The summed E-state index contributed by atoms with van der Waals surface area (Å²) in [6.45, 7) is 0. The van der Waals surface area contributed by atoms with Crippen molar-refractivity contribution in [1.29, 1.82) is 0 Å². The SMILES string of the molecule is O=[P+]1CCC(Cc2ccccc2)C1. The zero-order valence-corrected chi connectivity index (χ0v) is 8.54. The van der Waals surface area contributed by atoms with Crippen molar-refractivity contribution in [2.24, 2.45) is 5.92 Å². The molecule has 2 heteroatoms. The van der Waals surface area contributed by atoms with Crippen LogP contribution in [0.2, 0.25) is 0 Å². The smallest absolute Gasteiger partial charge is 0.0748 e. The maximum atomic E-state index is 11.2. The average molecular weight is 193 g/mol. The van der Waals surface area contributed by atoms with Gasteiger partial charge in [0.2, 0.25) is 0 Å². The van der Waals surface area contributed by atoms with E-state index in [1.54, 1.807) is 0 Å². The standard InChI is InChI=1S/C11H14OP/c12-13-7-6-11(9-13)8-10-4-2-1-3-5-10/h1-5,11H,6-9H2/q+1. The quantitative estimate of drug-likeness (QED) is 0.659. The molecule has 0 saturated carbocycles. The van der Waals surface area contributed by atoms with Crippen molar-refractivity contribution in [1.82, 2.24) is 0 Å². The van der Waals surface area contributed by atoms with Gasteiger partial charge >= 0.3 is 7.80 Å². The fourth-order valence-corrected chi connectivity index (χ4v) is 3.63. The normalized spacial score (nSPS) is 24.9. The van der Waals surface area contributed by atoms with Gasteiger partial charge < -0.3 is 0 Å². The van der Waals surface area contributed by atoms with E-state index in [1.165, 1.54) is 5.56 Å². The van der Waals surface area contributed by atoms with Crippen LogP contribution in [0.4, 0.5) is 0 Å². The molecule has 2 rings (SSSR count). The molecule has 1 aromatic carbocycles. The van der Waals surface area contributed by atoms with Crippen LogP contribution in [0.15, 0.2) is 30.3 Å². The fourth-order valence-electron chi connectivity index (χ4n) is 1.91. The summed E-state index contributed by atoms with van der Waals surface area (Å²) in [6, 6.07) is 10.5. The minimum absolute atomic E-state index is 0.672. The average Bonchev–Trinajstić information content (AvgIpc) is 2.53. The van der Waals surface area contributed by atoms with E-state index in [2.05, 4.69) is 24.3 Å². The first-order chi connectivity index (χ1) is 6.34. The molecule has 1 aromatic rings. The van der Waals surface area contributed by atoms with Crippen LogP contribution in [0.1, 0.15) is 12.0 Å². The highest BCUT2D eigenvalue weighted by molar-refractivity contribution is 7.45. The summed E-state index contributed by atoms with van der Waals surface area (Å²) in [6.07, 6.45) is 4.17. The summed E-state index contributed by atoms with van der Waals surface area (Å²) in [7, 11) is -0.851. The predicted molar refractivity (Wildman–Crippen MR) is 55.6 cm³/mol. The zero-order chi connectivity index (χ0) is 9.10. The Kier molecular flexibility index (Phi) is 2.75. The van der Waals surface area contributed by atoms with Gasteiger partial charge in [0.15, 0.2) is 0 Å². The molecule has 0 bridgehead atoms. The third-order valence-corrected chi connectivity index (χ3v) is 4.30. The van der Waals surface area contributed by atoms with Crippen molar-refractivity contribution in [3.05, 3.63) is 35.9 Å². The molecule has 1 aliphatic rings. The molecule has 0 N–H and O–H groups in total. The Morgan fingerprint density at radius 2 is 2.08 bits per heavy atom. The van der Waals surface area contributed by atoms with Gasteiger partial charge in [-0.25, -0.2) is 0 Å². The fraction of sp³-hybridized carbons (Fsp3) is 0.455. The second kappa shape index (κ2) is 4.02. The number of hydrogen-bond acceptors (Lipinski definition) is 1. The Morgan fingerprint density at radius 3 is 2.69 bits per heavy atom. The van der Waals surface area contributed by atoms with E-state index in [0.29, 0.717) is 5.92 Å². The summed E-state index contributed by atoms with van der Waals surface area (Å²) in [5.74, 6) is 0.672. The van der Waals surface area contributed by atoms with Crippen molar-refractivity contribution in [3.63, 3.8) is 0 Å². The van der Waals surface area contributed by atoms with Gasteiger partial charge in [0.05, 0.1) is 0 Å². The van der Waals surface area contributed by atoms with Gasteiger partial charge in [-0.1, -0.05) is 34.9 Å². The molecule has 1 aliphatic heterocycles. The third-order valence-electron chi connectivity index (χ3n) is 2.62. The first-order valence-electron chi connectivity index (χ1n) is 4.80. The largest absolute Gasteiger partial charge is 0.338 e. The summed E-state index contributed by atoms with van der Waals surface area (Å²) in [5, 5.41) is 0. The second-order valence-electron chi connectivity index (χ2n) is 3.73. The molecule has 0 spiro atoms. The van der Waals surface area contributed by atoms with E-state index in [1.807, 2.05) is 6.07 Å². The van der Waals surface area contributed by atoms with Crippen LogP contribution in [-0.4, -0.2) is 12.3 Å². The Labute approximate surface area is 80.0 Å². The lowest BCUT2D eigenvalue weighted by atomic mass is 9.99. The van der Waals surface area contributed by atoms with Crippen molar-refractivity contribution in [3.8, 4) is 0 Å². The Morgan fingerprint density at radius 1 is 1.31 bits per heavy atom. The van der Waals surface area contributed by atoms with Gasteiger partial charge in [-0.3, -0.25) is 0 Å². The molecule has 1 saturated heterocycles. The Hall–Kier alpha value is -0.680. The second-order valence-corrected chi connectivity index (χ2v) is 5.51. The zero-order valence-electron chi connectivity index (χ0n) is 7.65. The molecule has 0 aromatic heterocycles. The van der Waals surface area contributed by atoms with Crippen LogP contribution < -0.4 is 0 Å². The van der Waals surface area contributed by atoms with Crippen molar-refractivity contribution in [2.45, 2.75) is 12.8 Å². The van der Waals surface area contributed by atoms with Gasteiger partial charge in [0.25, 0.3) is 0 Å². The molecular formula is C11H14OP+. The highest BCUT2D eigenvalue weighted by Crippen LogP contribution is 2.36. The van der Waals surface area contributed by atoms with E-state index < -0.39 is 7.80 Å². The van der Waals surface area contributed by atoms with Gasteiger partial charge in [0, 0.05) is 5.92 Å². The first-order valence-corrected chi connectivity index (χ1v) is 6.43.